The third-order valence-corrected chi connectivity index (χ3v) is 3.38. The molecule has 2 aromatic rings. The third kappa shape index (κ3) is 2.67. The van der Waals surface area contributed by atoms with Crippen LogP contribution in [0, 0.1) is 13.8 Å². The maximum atomic E-state index is 12.3. The van der Waals surface area contributed by atoms with Crippen molar-refractivity contribution in [3.8, 4) is 11.5 Å². The summed E-state index contributed by atoms with van der Waals surface area (Å²) in [4.78, 5) is 24.2. The van der Waals surface area contributed by atoms with Crippen molar-refractivity contribution in [1.29, 1.82) is 0 Å². The number of ether oxygens (including phenoxy) is 2. The van der Waals surface area contributed by atoms with Gasteiger partial charge in [0.1, 0.15) is 6.61 Å². The van der Waals surface area contributed by atoms with E-state index in [1.165, 1.54) is 10.7 Å². The van der Waals surface area contributed by atoms with Crippen LogP contribution in [-0.4, -0.2) is 23.3 Å². The zero-order valence-corrected chi connectivity index (χ0v) is 12.3. The van der Waals surface area contributed by atoms with Crippen molar-refractivity contribution in [1.82, 2.24) is 4.68 Å². The van der Waals surface area contributed by atoms with E-state index in [9.17, 15) is 9.59 Å². The molecule has 22 heavy (non-hydrogen) atoms. The fourth-order valence-corrected chi connectivity index (χ4v) is 2.34. The average molecular weight is 300 g/mol. The Kier molecular flexibility index (Phi) is 3.58. The number of hydrogen-bond donors (Lipinski definition) is 1. The highest BCUT2D eigenvalue weighted by Crippen LogP contribution is 2.30. The second kappa shape index (κ2) is 5.55. The van der Waals surface area contributed by atoms with Gasteiger partial charge in [-0.3, -0.25) is 15.0 Å². The minimum atomic E-state index is -0.803. The van der Waals surface area contributed by atoms with E-state index in [2.05, 4.69) is 5.43 Å². The van der Waals surface area contributed by atoms with Gasteiger partial charge in [-0.15, -0.1) is 0 Å². The summed E-state index contributed by atoms with van der Waals surface area (Å²) in [5.74, 6) is 0.695. The van der Waals surface area contributed by atoms with Gasteiger partial charge in [-0.1, -0.05) is 12.1 Å². The van der Waals surface area contributed by atoms with E-state index >= 15 is 0 Å². The first-order valence-electron chi connectivity index (χ1n) is 6.94. The van der Waals surface area contributed by atoms with Gasteiger partial charge in [0.25, 0.3) is 11.5 Å². The van der Waals surface area contributed by atoms with Crippen molar-refractivity contribution in [2.24, 2.45) is 0 Å². The minimum absolute atomic E-state index is 0.0997. The number of nitrogens with zero attached hydrogens (tertiary/aromatic N) is 1. The highest BCUT2D eigenvalue weighted by atomic mass is 16.6. The molecule has 1 atom stereocenters. The Morgan fingerprint density at radius 2 is 1.95 bits per heavy atom. The van der Waals surface area contributed by atoms with Crippen LogP contribution >= 0.6 is 0 Å². The van der Waals surface area contributed by atoms with Crippen molar-refractivity contribution in [2.45, 2.75) is 20.0 Å². The first-order chi connectivity index (χ1) is 10.5. The molecule has 0 saturated heterocycles. The molecule has 1 aliphatic rings. The average Bonchev–Trinajstić information content (AvgIpc) is 2.50. The normalized spacial score (nSPS) is 16.2. The van der Waals surface area contributed by atoms with E-state index in [0.29, 0.717) is 17.2 Å². The lowest BCUT2D eigenvalue weighted by Gasteiger charge is -2.26. The minimum Gasteiger partial charge on any atom is -0.485 e. The summed E-state index contributed by atoms with van der Waals surface area (Å²) < 4.78 is 12.3. The quantitative estimate of drug-likeness (QED) is 0.909. The van der Waals surface area contributed by atoms with Crippen molar-refractivity contribution in [3.63, 3.8) is 0 Å². The van der Waals surface area contributed by atoms with Crippen LogP contribution in [0.1, 0.15) is 11.3 Å². The topological polar surface area (TPSA) is 69.6 Å². The van der Waals surface area contributed by atoms with E-state index in [1.807, 2.05) is 19.1 Å². The maximum absolute atomic E-state index is 12.3. The molecule has 1 aliphatic heterocycles. The molecule has 1 N–H and O–H groups in total. The number of pyridine rings is 1. The predicted molar refractivity (Wildman–Crippen MR) is 80.9 cm³/mol. The molecule has 114 valence electrons. The summed E-state index contributed by atoms with van der Waals surface area (Å²) in [7, 11) is 0. The highest BCUT2D eigenvalue weighted by Gasteiger charge is 2.27. The van der Waals surface area contributed by atoms with Crippen molar-refractivity contribution < 1.29 is 14.3 Å². The number of carbonyl (C=O) groups is 1. The molecule has 0 aliphatic carbocycles. The van der Waals surface area contributed by atoms with E-state index in [-0.39, 0.29) is 12.2 Å². The maximum Gasteiger partial charge on any atom is 0.283 e. The summed E-state index contributed by atoms with van der Waals surface area (Å²) >= 11 is 0. The summed E-state index contributed by atoms with van der Waals surface area (Å²) in [6.45, 7) is 3.68. The Morgan fingerprint density at radius 3 is 2.68 bits per heavy atom. The summed E-state index contributed by atoms with van der Waals surface area (Å²) in [5, 5.41) is 0. The van der Waals surface area contributed by atoms with Gasteiger partial charge in [0.05, 0.1) is 0 Å². The smallest absolute Gasteiger partial charge is 0.283 e. The van der Waals surface area contributed by atoms with Gasteiger partial charge in [0.2, 0.25) is 6.10 Å². The van der Waals surface area contributed by atoms with E-state index < -0.39 is 12.0 Å². The molecule has 0 unspecified atom stereocenters. The molecule has 0 fully saturated rings. The van der Waals surface area contributed by atoms with Gasteiger partial charge in [-0.05, 0) is 37.6 Å². The van der Waals surface area contributed by atoms with E-state index in [0.717, 1.165) is 5.56 Å². The van der Waals surface area contributed by atoms with Gasteiger partial charge < -0.3 is 9.47 Å². The molecular weight excluding hydrogens is 284 g/mol. The molecule has 6 heteroatoms. The first kappa shape index (κ1) is 14.2. The third-order valence-electron chi connectivity index (χ3n) is 3.38. The number of rotatable bonds is 2. The number of carbonyl (C=O) groups excluding carboxylic acids is 1. The summed E-state index contributed by atoms with van der Waals surface area (Å²) in [5.41, 5.74) is 3.77. The van der Waals surface area contributed by atoms with Gasteiger partial charge >= 0.3 is 0 Å². The molecule has 0 saturated carbocycles. The number of hydrogen-bond acceptors (Lipinski definition) is 4. The lowest BCUT2D eigenvalue weighted by Crippen LogP contribution is -2.45. The lowest BCUT2D eigenvalue weighted by molar-refractivity contribution is -0.126. The van der Waals surface area contributed by atoms with Crippen LogP contribution in [-0.2, 0) is 4.79 Å². The second-order valence-electron chi connectivity index (χ2n) is 5.19. The first-order valence-corrected chi connectivity index (χ1v) is 6.94. The number of fused-ring (bicyclic) bond motifs is 1. The summed E-state index contributed by atoms with van der Waals surface area (Å²) in [6.07, 6.45) is -0.803. The Bertz CT molecular complexity index is 782. The Balaban J connectivity index is 1.78. The fraction of sp³-hybridized carbons (Fsp3) is 0.250. The van der Waals surface area contributed by atoms with E-state index in [4.69, 9.17) is 9.47 Å². The molecule has 3 rings (SSSR count). The van der Waals surface area contributed by atoms with Gasteiger partial charge in [0.15, 0.2) is 11.5 Å². The Hall–Kier alpha value is -2.76. The number of aromatic nitrogens is 1. The monoisotopic (exact) mass is 300 g/mol. The number of para-hydroxylation sites is 2. The molecular formula is C16H16N2O4. The zero-order valence-electron chi connectivity index (χ0n) is 12.3. The Labute approximate surface area is 127 Å². The molecule has 0 spiro atoms. The molecule has 1 amide bonds. The molecule has 1 aromatic carbocycles. The fourth-order valence-electron chi connectivity index (χ4n) is 2.34. The lowest BCUT2D eigenvalue weighted by atomic mass is 10.2. The van der Waals surface area contributed by atoms with Gasteiger partial charge in [-0.25, -0.2) is 4.68 Å². The number of benzene rings is 1. The van der Waals surface area contributed by atoms with Crippen LogP contribution in [0.2, 0.25) is 0 Å². The number of nitrogens with one attached hydrogen (secondary N) is 1. The number of amides is 1. The van der Waals surface area contributed by atoms with E-state index in [1.54, 1.807) is 25.1 Å². The molecule has 6 nitrogen and oxygen atoms in total. The van der Waals surface area contributed by atoms with Crippen LogP contribution < -0.4 is 20.5 Å². The van der Waals surface area contributed by atoms with Crippen LogP contribution in [0.15, 0.2) is 41.2 Å². The number of aryl methyl sites for hydroxylation is 2. The van der Waals surface area contributed by atoms with Crippen LogP contribution in [0.3, 0.4) is 0 Å². The van der Waals surface area contributed by atoms with Crippen molar-refractivity contribution in [2.75, 3.05) is 12.0 Å². The van der Waals surface area contributed by atoms with Crippen LogP contribution in [0.5, 0.6) is 11.5 Å². The van der Waals surface area contributed by atoms with Crippen LogP contribution in [0.25, 0.3) is 0 Å². The SMILES string of the molecule is Cc1cc(C)n(NC(=O)[C@@H]2COc3ccccc3O2)c(=O)c1. The van der Waals surface area contributed by atoms with Gasteiger partial charge in [-0.2, -0.15) is 0 Å². The molecule has 1 aromatic heterocycles. The van der Waals surface area contributed by atoms with Crippen molar-refractivity contribution in [3.05, 3.63) is 58.0 Å². The summed E-state index contributed by atoms with van der Waals surface area (Å²) in [6, 6.07) is 10.4. The molecule has 2 heterocycles. The zero-order chi connectivity index (χ0) is 15.7. The Morgan fingerprint density at radius 1 is 1.23 bits per heavy atom. The molecule has 0 bridgehead atoms. The van der Waals surface area contributed by atoms with Crippen LogP contribution in [0.4, 0.5) is 0 Å². The standard InChI is InChI=1S/C16H16N2O4/c1-10-7-11(2)18(15(19)8-10)17-16(20)14-9-21-12-5-3-4-6-13(12)22-14/h3-8,14H,9H2,1-2H3,(H,17,20)/t14-/m0/s1. The second-order valence-corrected chi connectivity index (χ2v) is 5.19. The largest absolute Gasteiger partial charge is 0.485 e. The molecule has 0 radical (unpaired) electrons. The predicted octanol–water partition coefficient (Wildman–Crippen LogP) is 1.38. The van der Waals surface area contributed by atoms with Gasteiger partial charge in [0, 0.05) is 11.8 Å². The highest BCUT2D eigenvalue weighted by molar-refractivity contribution is 5.88. The van der Waals surface area contributed by atoms with Crippen molar-refractivity contribution >= 4 is 5.91 Å².